The maximum absolute atomic E-state index is 13.1. The summed E-state index contributed by atoms with van der Waals surface area (Å²) in [5.74, 6) is 0.576. The van der Waals surface area contributed by atoms with Gasteiger partial charge in [0.1, 0.15) is 5.82 Å². The Bertz CT molecular complexity index is 698. The van der Waals surface area contributed by atoms with Crippen LogP contribution in [0.4, 0.5) is 4.39 Å². The van der Waals surface area contributed by atoms with Crippen LogP contribution >= 0.6 is 0 Å². The van der Waals surface area contributed by atoms with Crippen LogP contribution in [0.2, 0.25) is 0 Å². The standard InChI is InChI=1S/C19H25FN4/c1-4-21-19(24-13-18-14(2)6-5-10-22-18)23-11-9-16-7-8-17(20)12-15(16)3/h5-8,10,12H,4,9,11,13H2,1-3H3,(H2,21,23,24). The molecule has 5 heteroatoms. The maximum atomic E-state index is 13.1. The summed E-state index contributed by atoms with van der Waals surface area (Å²) in [6.45, 7) is 8.07. The van der Waals surface area contributed by atoms with Crippen LogP contribution in [-0.4, -0.2) is 24.0 Å². The maximum Gasteiger partial charge on any atom is 0.191 e. The van der Waals surface area contributed by atoms with Gasteiger partial charge in [0.25, 0.3) is 0 Å². The Hall–Kier alpha value is -2.43. The second-order valence-electron chi connectivity index (χ2n) is 5.71. The summed E-state index contributed by atoms with van der Waals surface area (Å²) in [6, 6.07) is 8.88. The number of rotatable bonds is 6. The molecule has 0 bridgehead atoms. The average Bonchev–Trinajstić information content (AvgIpc) is 2.56. The third-order valence-corrected chi connectivity index (χ3v) is 3.84. The lowest BCUT2D eigenvalue weighted by molar-refractivity contribution is 0.625. The van der Waals surface area contributed by atoms with Crippen LogP contribution in [0.3, 0.4) is 0 Å². The quantitative estimate of drug-likeness (QED) is 0.633. The van der Waals surface area contributed by atoms with Crippen LogP contribution in [0.1, 0.15) is 29.3 Å². The van der Waals surface area contributed by atoms with E-state index in [0.29, 0.717) is 6.54 Å². The molecule has 0 atom stereocenters. The molecule has 24 heavy (non-hydrogen) atoms. The van der Waals surface area contributed by atoms with Crippen molar-refractivity contribution >= 4 is 5.96 Å². The highest BCUT2D eigenvalue weighted by Gasteiger charge is 2.03. The fraction of sp³-hybridized carbons (Fsp3) is 0.368. The minimum Gasteiger partial charge on any atom is -0.357 e. The van der Waals surface area contributed by atoms with Crippen LogP contribution in [0.5, 0.6) is 0 Å². The molecule has 2 aromatic rings. The van der Waals surface area contributed by atoms with E-state index in [4.69, 9.17) is 0 Å². The first-order valence-corrected chi connectivity index (χ1v) is 8.28. The number of nitrogens with one attached hydrogen (secondary N) is 2. The van der Waals surface area contributed by atoms with Crippen molar-refractivity contribution in [2.24, 2.45) is 4.99 Å². The summed E-state index contributed by atoms with van der Waals surface area (Å²) < 4.78 is 13.1. The first-order valence-electron chi connectivity index (χ1n) is 8.28. The first-order chi connectivity index (χ1) is 11.6. The van der Waals surface area contributed by atoms with Gasteiger partial charge in [0.15, 0.2) is 5.96 Å². The summed E-state index contributed by atoms with van der Waals surface area (Å²) in [4.78, 5) is 8.94. The van der Waals surface area contributed by atoms with E-state index in [1.54, 1.807) is 12.3 Å². The van der Waals surface area contributed by atoms with Gasteiger partial charge in [0.05, 0.1) is 12.2 Å². The van der Waals surface area contributed by atoms with Gasteiger partial charge in [0.2, 0.25) is 0 Å². The van der Waals surface area contributed by atoms with Crippen molar-refractivity contribution in [3.8, 4) is 0 Å². The molecule has 128 valence electrons. The van der Waals surface area contributed by atoms with Gasteiger partial charge in [-0.3, -0.25) is 4.98 Å². The molecule has 2 rings (SSSR count). The fourth-order valence-electron chi connectivity index (χ4n) is 2.43. The smallest absolute Gasteiger partial charge is 0.191 e. The second-order valence-corrected chi connectivity index (χ2v) is 5.71. The molecule has 0 saturated heterocycles. The van der Waals surface area contributed by atoms with Crippen molar-refractivity contribution in [3.05, 3.63) is 64.7 Å². The van der Waals surface area contributed by atoms with Crippen molar-refractivity contribution in [3.63, 3.8) is 0 Å². The average molecular weight is 328 g/mol. The van der Waals surface area contributed by atoms with Gasteiger partial charge in [-0.05, 0) is 62.1 Å². The number of pyridine rings is 1. The number of benzene rings is 1. The van der Waals surface area contributed by atoms with Crippen LogP contribution in [0.15, 0.2) is 41.5 Å². The Kier molecular flexibility index (Phi) is 6.73. The van der Waals surface area contributed by atoms with E-state index in [1.165, 1.54) is 6.07 Å². The van der Waals surface area contributed by atoms with Crippen LogP contribution in [0, 0.1) is 19.7 Å². The fourth-order valence-corrected chi connectivity index (χ4v) is 2.43. The molecule has 0 unspecified atom stereocenters. The lowest BCUT2D eigenvalue weighted by Gasteiger charge is -2.12. The van der Waals surface area contributed by atoms with E-state index in [-0.39, 0.29) is 5.82 Å². The van der Waals surface area contributed by atoms with Gasteiger partial charge in [0, 0.05) is 19.3 Å². The highest BCUT2D eigenvalue weighted by atomic mass is 19.1. The zero-order valence-corrected chi connectivity index (χ0v) is 14.6. The molecule has 0 spiro atoms. The minimum absolute atomic E-state index is 0.190. The summed E-state index contributed by atoms with van der Waals surface area (Å²) >= 11 is 0. The zero-order chi connectivity index (χ0) is 17.4. The van der Waals surface area contributed by atoms with Crippen molar-refractivity contribution in [2.75, 3.05) is 13.1 Å². The number of aryl methyl sites for hydroxylation is 2. The highest BCUT2D eigenvalue weighted by molar-refractivity contribution is 5.79. The van der Waals surface area contributed by atoms with Gasteiger partial charge < -0.3 is 10.6 Å². The summed E-state index contributed by atoms with van der Waals surface area (Å²) in [5.41, 5.74) is 4.23. The molecule has 0 aliphatic rings. The number of aliphatic imine (C=N–C) groups is 1. The lowest BCUT2D eigenvalue weighted by Crippen LogP contribution is -2.38. The topological polar surface area (TPSA) is 49.3 Å². The molecule has 4 nitrogen and oxygen atoms in total. The molecule has 1 aromatic carbocycles. The molecule has 0 saturated carbocycles. The van der Waals surface area contributed by atoms with E-state index < -0.39 is 0 Å². The van der Waals surface area contributed by atoms with Gasteiger partial charge in [-0.15, -0.1) is 0 Å². The molecule has 0 aliphatic heterocycles. The van der Waals surface area contributed by atoms with E-state index >= 15 is 0 Å². The number of hydrogen-bond acceptors (Lipinski definition) is 2. The second kappa shape index (κ2) is 9.01. The minimum atomic E-state index is -0.190. The van der Waals surface area contributed by atoms with E-state index in [9.17, 15) is 4.39 Å². The van der Waals surface area contributed by atoms with E-state index in [0.717, 1.165) is 47.9 Å². The normalized spacial score (nSPS) is 11.4. The predicted molar refractivity (Wildman–Crippen MR) is 96.6 cm³/mol. The van der Waals surface area contributed by atoms with E-state index in [2.05, 4.69) is 20.6 Å². The van der Waals surface area contributed by atoms with Crippen LogP contribution < -0.4 is 10.6 Å². The Morgan fingerprint density at radius 3 is 2.71 bits per heavy atom. The predicted octanol–water partition coefficient (Wildman–Crippen LogP) is 3.14. The molecule has 1 heterocycles. The largest absolute Gasteiger partial charge is 0.357 e. The monoisotopic (exact) mass is 328 g/mol. The molecule has 2 N–H and O–H groups in total. The summed E-state index contributed by atoms with van der Waals surface area (Å²) in [5, 5.41) is 6.55. The molecule has 0 amide bonds. The molecule has 0 fully saturated rings. The molecule has 0 radical (unpaired) electrons. The Morgan fingerprint density at radius 2 is 2.00 bits per heavy atom. The number of aromatic nitrogens is 1. The highest BCUT2D eigenvalue weighted by Crippen LogP contribution is 2.10. The van der Waals surface area contributed by atoms with Crippen molar-refractivity contribution in [1.29, 1.82) is 0 Å². The molecule has 1 aromatic heterocycles. The van der Waals surface area contributed by atoms with Gasteiger partial charge >= 0.3 is 0 Å². The lowest BCUT2D eigenvalue weighted by atomic mass is 10.1. The first kappa shape index (κ1) is 17.9. The van der Waals surface area contributed by atoms with Crippen LogP contribution in [-0.2, 0) is 13.0 Å². The van der Waals surface area contributed by atoms with Gasteiger partial charge in [-0.25, -0.2) is 9.38 Å². The van der Waals surface area contributed by atoms with Gasteiger partial charge in [-0.1, -0.05) is 12.1 Å². The number of guanidine groups is 1. The Labute approximate surface area is 143 Å². The van der Waals surface area contributed by atoms with Crippen LogP contribution in [0.25, 0.3) is 0 Å². The summed E-state index contributed by atoms with van der Waals surface area (Å²) in [6.07, 6.45) is 2.61. The third-order valence-electron chi connectivity index (χ3n) is 3.84. The molecular formula is C19H25FN4. The van der Waals surface area contributed by atoms with Gasteiger partial charge in [-0.2, -0.15) is 0 Å². The molecular weight excluding hydrogens is 303 g/mol. The number of halogens is 1. The Balaban J connectivity index is 1.93. The van der Waals surface area contributed by atoms with Crippen molar-refractivity contribution in [2.45, 2.75) is 33.7 Å². The third kappa shape index (κ3) is 5.33. The molecule has 0 aliphatic carbocycles. The number of nitrogens with zero attached hydrogens (tertiary/aromatic N) is 2. The van der Waals surface area contributed by atoms with Crippen molar-refractivity contribution < 1.29 is 4.39 Å². The van der Waals surface area contributed by atoms with E-state index in [1.807, 2.05) is 39.0 Å². The van der Waals surface area contributed by atoms with Crippen molar-refractivity contribution in [1.82, 2.24) is 15.6 Å². The Morgan fingerprint density at radius 1 is 1.17 bits per heavy atom. The SMILES string of the molecule is CCNC(=NCc1ncccc1C)NCCc1ccc(F)cc1C. The zero-order valence-electron chi connectivity index (χ0n) is 14.6. The summed E-state index contributed by atoms with van der Waals surface area (Å²) in [7, 11) is 0. The number of hydrogen-bond donors (Lipinski definition) is 2.